The van der Waals surface area contributed by atoms with E-state index in [0.29, 0.717) is 4.90 Å². The molecule has 1 aliphatic carbocycles. The largest absolute Gasteiger partial charge is 0.241 e. The van der Waals surface area contributed by atoms with E-state index in [-0.39, 0.29) is 0 Å². The van der Waals surface area contributed by atoms with Gasteiger partial charge < -0.3 is 0 Å². The highest BCUT2D eigenvalue weighted by atomic mass is 79.9. The van der Waals surface area contributed by atoms with Gasteiger partial charge in [0.1, 0.15) is 0 Å². The number of sulfonamides is 1. The monoisotopic (exact) mass is 365 g/mol. The van der Waals surface area contributed by atoms with E-state index in [1.807, 2.05) is 36.4 Å². The molecule has 0 amide bonds. The Kier molecular flexibility index (Phi) is 3.90. The molecule has 0 atom stereocenters. The summed E-state index contributed by atoms with van der Waals surface area (Å²) in [5, 5.41) is 0. The molecule has 3 nitrogen and oxygen atoms in total. The van der Waals surface area contributed by atoms with Gasteiger partial charge in [-0.1, -0.05) is 52.3 Å². The second kappa shape index (κ2) is 5.55. The molecule has 0 aliphatic heterocycles. The molecule has 0 bridgehead atoms. The summed E-state index contributed by atoms with van der Waals surface area (Å²) < 4.78 is 28.9. The van der Waals surface area contributed by atoms with Gasteiger partial charge in [-0.3, -0.25) is 0 Å². The first-order chi connectivity index (χ1) is 10.0. The molecule has 1 N–H and O–H groups in total. The summed E-state index contributed by atoms with van der Waals surface area (Å²) in [7, 11) is -3.53. The minimum absolute atomic E-state index is 0.291. The van der Waals surface area contributed by atoms with Crippen LogP contribution in [0, 0.1) is 0 Å². The molecule has 2 aromatic rings. The molecule has 0 spiro atoms. The number of rotatable bonds is 4. The highest BCUT2D eigenvalue weighted by Crippen LogP contribution is 2.42. The van der Waals surface area contributed by atoms with Gasteiger partial charge in [0.15, 0.2) is 0 Å². The van der Waals surface area contributed by atoms with Crippen LogP contribution in [-0.2, 0) is 15.6 Å². The third-order valence-corrected chi connectivity index (χ3v) is 6.00. The summed E-state index contributed by atoms with van der Waals surface area (Å²) in [5.41, 5.74) is 0.581. The van der Waals surface area contributed by atoms with Crippen LogP contribution < -0.4 is 4.72 Å². The summed E-state index contributed by atoms with van der Waals surface area (Å²) in [4.78, 5) is 0.291. The van der Waals surface area contributed by atoms with Gasteiger partial charge in [-0.05, 0) is 43.0 Å². The van der Waals surface area contributed by atoms with Gasteiger partial charge in [-0.25, -0.2) is 13.1 Å². The van der Waals surface area contributed by atoms with Crippen LogP contribution in [0.5, 0.6) is 0 Å². The number of nitrogens with one attached hydrogen (secondary N) is 1. The molecule has 2 aromatic carbocycles. The van der Waals surface area contributed by atoms with E-state index in [4.69, 9.17) is 0 Å². The Hall–Kier alpha value is -1.17. The summed E-state index contributed by atoms with van der Waals surface area (Å²) in [6.07, 6.45) is 2.71. The molecule has 3 rings (SSSR count). The zero-order valence-corrected chi connectivity index (χ0v) is 13.8. The minimum Gasteiger partial charge on any atom is -0.207 e. The number of hydrogen-bond acceptors (Lipinski definition) is 2. The molecule has 1 fully saturated rings. The molecule has 0 heterocycles. The van der Waals surface area contributed by atoms with Crippen molar-refractivity contribution in [2.75, 3.05) is 0 Å². The Morgan fingerprint density at radius 3 is 2.29 bits per heavy atom. The third-order valence-electron chi connectivity index (χ3n) is 3.97. The first-order valence-corrected chi connectivity index (χ1v) is 9.15. The van der Waals surface area contributed by atoms with Crippen molar-refractivity contribution in [3.8, 4) is 0 Å². The minimum atomic E-state index is -3.53. The van der Waals surface area contributed by atoms with Crippen LogP contribution in [0.25, 0.3) is 0 Å². The molecular formula is C16H16BrNO2S. The molecule has 0 saturated heterocycles. The second-order valence-electron chi connectivity index (χ2n) is 5.36. The maximum atomic E-state index is 12.6. The fourth-order valence-electron chi connectivity index (χ4n) is 2.69. The van der Waals surface area contributed by atoms with Crippen molar-refractivity contribution in [1.82, 2.24) is 4.72 Å². The smallest absolute Gasteiger partial charge is 0.207 e. The highest BCUT2D eigenvalue weighted by molar-refractivity contribution is 9.10. The van der Waals surface area contributed by atoms with Crippen LogP contribution in [0.1, 0.15) is 24.8 Å². The van der Waals surface area contributed by atoms with Gasteiger partial charge in [-0.2, -0.15) is 0 Å². The average Bonchev–Trinajstić information content (AvgIpc) is 2.44. The maximum Gasteiger partial charge on any atom is 0.241 e. The van der Waals surface area contributed by atoms with Crippen molar-refractivity contribution in [2.24, 2.45) is 0 Å². The maximum absolute atomic E-state index is 12.6. The fourth-order valence-corrected chi connectivity index (χ4v) is 4.73. The Labute approximate surface area is 133 Å². The standard InChI is InChI=1S/C16H16BrNO2S/c17-14-8-4-9-15(12-14)21(19,20)18-16(10-5-11-16)13-6-2-1-3-7-13/h1-4,6-9,12,18H,5,10-11H2. The van der Waals surface area contributed by atoms with Crippen molar-refractivity contribution in [3.05, 3.63) is 64.6 Å². The Morgan fingerprint density at radius 1 is 1.00 bits per heavy atom. The van der Waals surface area contributed by atoms with Gasteiger partial charge in [0.25, 0.3) is 0 Å². The van der Waals surface area contributed by atoms with Gasteiger partial charge in [0.05, 0.1) is 10.4 Å². The lowest BCUT2D eigenvalue weighted by atomic mass is 9.73. The number of hydrogen-bond donors (Lipinski definition) is 1. The predicted octanol–water partition coefficient (Wildman–Crippen LogP) is 3.81. The van der Waals surface area contributed by atoms with Crippen molar-refractivity contribution in [3.63, 3.8) is 0 Å². The van der Waals surface area contributed by atoms with Gasteiger partial charge in [-0.15, -0.1) is 0 Å². The first kappa shape index (κ1) is 14.8. The molecule has 0 radical (unpaired) electrons. The van der Waals surface area contributed by atoms with Crippen LogP contribution in [0.3, 0.4) is 0 Å². The zero-order chi connectivity index (χ0) is 14.9. The SMILES string of the molecule is O=S(=O)(NC1(c2ccccc2)CCC1)c1cccc(Br)c1. The summed E-state index contributed by atoms with van der Waals surface area (Å²) >= 11 is 3.32. The normalized spacial score (nSPS) is 17.2. The summed E-state index contributed by atoms with van der Waals surface area (Å²) in [6, 6.07) is 16.6. The second-order valence-corrected chi connectivity index (χ2v) is 7.96. The Bertz CT molecular complexity index is 740. The number of benzene rings is 2. The lowest BCUT2D eigenvalue weighted by Crippen LogP contribution is -2.50. The van der Waals surface area contributed by atoms with Crippen LogP contribution in [-0.4, -0.2) is 8.42 Å². The molecular weight excluding hydrogens is 350 g/mol. The Balaban J connectivity index is 1.94. The van der Waals surface area contributed by atoms with Crippen LogP contribution in [0.4, 0.5) is 0 Å². The lowest BCUT2D eigenvalue weighted by Gasteiger charge is -2.42. The van der Waals surface area contributed by atoms with E-state index in [1.165, 1.54) is 0 Å². The fraction of sp³-hybridized carbons (Fsp3) is 0.250. The van der Waals surface area contributed by atoms with E-state index in [9.17, 15) is 8.42 Å². The van der Waals surface area contributed by atoms with E-state index < -0.39 is 15.6 Å². The van der Waals surface area contributed by atoms with E-state index in [1.54, 1.807) is 18.2 Å². The van der Waals surface area contributed by atoms with E-state index >= 15 is 0 Å². The van der Waals surface area contributed by atoms with Crippen LogP contribution >= 0.6 is 15.9 Å². The predicted molar refractivity (Wildman–Crippen MR) is 86.4 cm³/mol. The van der Waals surface area contributed by atoms with Crippen LogP contribution in [0.15, 0.2) is 64.0 Å². The van der Waals surface area contributed by atoms with Gasteiger partial charge in [0, 0.05) is 4.47 Å². The van der Waals surface area contributed by atoms with Crippen LogP contribution in [0.2, 0.25) is 0 Å². The van der Waals surface area contributed by atoms with Crippen molar-refractivity contribution in [2.45, 2.75) is 29.7 Å². The molecule has 0 aromatic heterocycles. The van der Waals surface area contributed by atoms with E-state index in [2.05, 4.69) is 20.7 Å². The Morgan fingerprint density at radius 2 is 1.71 bits per heavy atom. The summed E-state index contributed by atoms with van der Waals surface area (Å²) in [6.45, 7) is 0. The number of halogens is 1. The van der Waals surface area contributed by atoms with E-state index in [0.717, 1.165) is 29.3 Å². The van der Waals surface area contributed by atoms with Crippen molar-refractivity contribution >= 4 is 26.0 Å². The molecule has 5 heteroatoms. The average molecular weight is 366 g/mol. The quantitative estimate of drug-likeness (QED) is 0.895. The van der Waals surface area contributed by atoms with Crippen molar-refractivity contribution in [1.29, 1.82) is 0 Å². The topological polar surface area (TPSA) is 46.2 Å². The third kappa shape index (κ3) is 2.91. The summed E-state index contributed by atoms with van der Waals surface area (Å²) in [5.74, 6) is 0. The van der Waals surface area contributed by atoms with Gasteiger partial charge in [0.2, 0.25) is 10.0 Å². The molecule has 110 valence electrons. The first-order valence-electron chi connectivity index (χ1n) is 6.87. The lowest BCUT2D eigenvalue weighted by molar-refractivity contribution is 0.224. The molecule has 1 aliphatic rings. The molecule has 0 unspecified atom stereocenters. The molecule has 21 heavy (non-hydrogen) atoms. The van der Waals surface area contributed by atoms with Gasteiger partial charge >= 0.3 is 0 Å². The zero-order valence-electron chi connectivity index (χ0n) is 11.4. The molecule has 1 saturated carbocycles. The highest BCUT2D eigenvalue weighted by Gasteiger charge is 2.42. The van der Waals surface area contributed by atoms with Crippen molar-refractivity contribution < 1.29 is 8.42 Å².